The standard InChI is InChI=1S/C35H33N5O4S/c36-24-27-22-26(8-11-34(27)44-29-12-15-37-16-13-29)31-14-17-38-35-32(31)23-33(40(35)45(41,42)30-4-2-1-3-5-30)25-6-9-28(10-7-25)39-18-20-43-21-19-39/h1-11,14,17,22-23,29,37H,12-13,15-16,18-21H2. The Morgan fingerprint density at radius 3 is 2.38 bits per heavy atom. The van der Waals surface area contributed by atoms with Gasteiger partial charge >= 0.3 is 0 Å². The van der Waals surface area contributed by atoms with Crippen LogP contribution in [-0.2, 0) is 14.8 Å². The first-order valence-corrected chi connectivity index (χ1v) is 16.6. The minimum atomic E-state index is -4.02. The summed E-state index contributed by atoms with van der Waals surface area (Å²) in [6.45, 7) is 4.75. The molecule has 7 rings (SSSR count). The number of fused-ring (bicyclic) bond motifs is 1. The maximum atomic E-state index is 14.2. The molecule has 4 heterocycles. The number of benzene rings is 3. The lowest BCUT2D eigenvalue weighted by molar-refractivity contribution is 0.122. The molecule has 2 fully saturated rings. The van der Waals surface area contributed by atoms with E-state index in [9.17, 15) is 13.7 Å². The summed E-state index contributed by atoms with van der Waals surface area (Å²) in [6, 6.07) is 28.0. The number of ether oxygens (including phenoxy) is 2. The van der Waals surface area contributed by atoms with Gasteiger partial charge in [0.25, 0.3) is 10.0 Å². The van der Waals surface area contributed by atoms with Crippen molar-refractivity contribution in [1.82, 2.24) is 14.3 Å². The molecule has 2 saturated heterocycles. The molecule has 228 valence electrons. The summed E-state index contributed by atoms with van der Waals surface area (Å²) in [5.41, 5.74) is 4.62. The van der Waals surface area contributed by atoms with Gasteiger partial charge in [0, 0.05) is 30.4 Å². The van der Waals surface area contributed by atoms with E-state index in [1.165, 1.54) is 3.97 Å². The van der Waals surface area contributed by atoms with Crippen molar-refractivity contribution in [2.24, 2.45) is 0 Å². The Bertz CT molecular complexity index is 1970. The molecule has 0 unspecified atom stereocenters. The molecule has 2 aliphatic heterocycles. The number of morpholine rings is 1. The van der Waals surface area contributed by atoms with Crippen LogP contribution in [0.3, 0.4) is 0 Å². The summed E-state index contributed by atoms with van der Waals surface area (Å²) < 4.78 is 41.5. The third kappa shape index (κ3) is 5.66. The van der Waals surface area contributed by atoms with Crippen molar-refractivity contribution in [3.8, 4) is 34.2 Å². The summed E-state index contributed by atoms with van der Waals surface area (Å²) in [7, 11) is -4.02. The SMILES string of the molecule is N#Cc1cc(-c2ccnc3c2cc(-c2ccc(N4CCOCC4)cc2)n3S(=O)(=O)c2ccccc2)ccc1OC1CCNCC1. The van der Waals surface area contributed by atoms with Crippen LogP contribution in [0, 0.1) is 11.3 Å². The van der Waals surface area contributed by atoms with Gasteiger partial charge < -0.3 is 19.7 Å². The highest BCUT2D eigenvalue weighted by Crippen LogP contribution is 2.38. The molecule has 2 aromatic heterocycles. The van der Waals surface area contributed by atoms with Crippen LogP contribution in [-0.4, -0.2) is 62.9 Å². The molecule has 0 saturated carbocycles. The van der Waals surface area contributed by atoms with Crippen molar-refractivity contribution in [2.45, 2.75) is 23.8 Å². The van der Waals surface area contributed by atoms with Crippen molar-refractivity contribution >= 4 is 26.7 Å². The average molecular weight is 620 g/mol. The van der Waals surface area contributed by atoms with Gasteiger partial charge in [-0.15, -0.1) is 0 Å². The monoisotopic (exact) mass is 619 g/mol. The predicted octanol–water partition coefficient (Wildman–Crippen LogP) is 5.45. The van der Waals surface area contributed by atoms with Gasteiger partial charge in [-0.2, -0.15) is 5.26 Å². The van der Waals surface area contributed by atoms with Crippen LogP contribution in [0.1, 0.15) is 18.4 Å². The number of nitrogens with one attached hydrogen (secondary N) is 1. The van der Waals surface area contributed by atoms with Gasteiger partial charge in [-0.25, -0.2) is 17.4 Å². The smallest absolute Gasteiger partial charge is 0.269 e. The molecular weight excluding hydrogens is 586 g/mol. The second kappa shape index (κ2) is 12.4. The molecule has 0 atom stereocenters. The van der Waals surface area contributed by atoms with Crippen LogP contribution in [0.4, 0.5) is 5.69 Å². The lowest BCUT2D eigenvalue weighted by Crippen LogP contribution is -2.36. The largest absolute Gasteiger partial charge is 0.489 e. The minimum absolute atomic E-state index is 0.0613. The molecule has 0 bridgehead atoms. The van der Waals surface area contributed by atoms with E-state index in [4.69, 9.17) is 9.47 Å². The van der Waals surface area contributed by atoms with E-state index in [2.05, 4.69) is 21.3 Å². The molecule has 9 nitrogen and oxygen atoms in total. The highest BCUT2D eigenvalue weighted by molar-refractivity contribution is 7.90. The molecule has 0 aliphatic carbocycles. The van der Waals surface area contributed by atoms with E-state index in [1.54, 1.807) is 36.5 Å². The third-order valence-electron chi connectivity index (χ3n) is 8.47. The molecule has 45 heavy (non-hydrogen) atoms. The van der Waals surface area contributed by atoms with Crippen molar-refractivity contribution < 1.29 is 17.9 Å². The van der Waals surface area contributed by atoms with Gasteiger partial charge in [-0.3, -0.25) is 0 Å². The van der Waals surface area contributed by atoms with E-state index in [1.807, 2.05) is 54.6 Å². The first kappa shape index (κ1) is 29.0. The van der Waals surface area contributed by atoms with Gasteiger partial charge in [0.2, 0.25) is 0 Å². The number of aromatic nitrogens is 2. The summed E-state index contributed by atoms with van der Waals surface area (Å²) >= 11 is 0. The number of hydrogen-bond donors (Lipinski definition) is 1. The quantitative estimate of drug-likeness (QED) is 0.256. The van der Waals surface area contributed by atoms with Crippen LogP contribution in [0.25, 0.3) is 33.4 Å². The fourth-order valence-corrected chi connectivity index (χ4v) is 7.62. The summed E-state index contributed by atoms with van der Waals surface area (Å²) in [5, 5.41) is 14.0. The summed E-state index contributed by atoms with van der Waals surface area (Å²) in [5.74, 6) is 0.559. The fourth-order valence-electron chi connectivity index (χ4n) is 6.11. The van der Waals surface area contributed by atoms with Crippen LogP contribution in [0.2, 0.25) is 0 Å². The van der Waals surface area contributed by atoms with Crippen LogP contribution >= 0.6 is 0 Å². The average Bonchev–Trinajstić information content (AvgIpc) is 3.51. The van der Waals surface area contributed by atoms with Gasteiger partial charge in [-0.05, 0) is 91.2 Å². The molecular formula is C35H33N5O4S. The lowest BCUT2D eigenvalue weighted by atomic mass is 10.0. The van der Waals surface area contributed by atoms with Crippen molar-refractivity contribution in [1.29, 1.82) is 5.26 Å². The van der Waals surface area contributed by atoms with E-state index in [0.29, 0.717) is 41.3 Å². The predicted molar refractivity (Wildman–Crippen MR) is 174 cm³/mol. The topological polar surface area (TPSA) is 109 Å². The van der Waals surface area contributed by atoms with E-state index < -0.39 is 10.0 Å². The zero-order valence-corrected chi connectivity index (χ0v) is 25.5. The van der Waals surface area contributed by atoms with Gasteiger partial charge in [0.1, 0.15) is 17.9 Å². The third-order valence-corrected chi connectivity index (χ3v) is 10.2. The maximum Gasteiger partial charge on any atom is 0.269 e. The van der Waals surface area contributed by atoms with Crippen LogP contribution < -0.4 is 15.0 Å². The zero-order valence-electron chi connectivity index (χ0n) is 24.7. The van der Waals surface area contributed by atoms with Gasteiger partial charge in [0.15, 0.2) is 5.65 Å². The number of hydrogen-bond acceptors (Lipinski definition) is 8. The molecule has 10 heteroatoms. The number of pyridine rings is 1. The summed E-state index contributed by atoms with van der Waals surface area (Å²) in [6.07, 6.45) is 3.45. The Hall–Kier alpha value is -4.69. The summed E-state index contributed by atoms with van der Waals surface area (Å²) in [4.78, 5) is 7.03. The second-order valence-corrected chi connectivity index (χ2v) is 13.0. The van der Waals surface area contributed by atoms with E-state index in [0.717, 1.165) is 61.4 Å². The lowest BCUT2D eigenvalue weighted by Gasteiger charge is -2.28. The maximum absolute atomic E-state index is 14.2. The normalized spacial score (nSPS) is 16.0. The Morgan fingerprint density at radius 1 is 0.911 bits per heavy atom. The Morgan fingerprint density at radius 2 is 1.64 bits per heavy atom. The Kier molecular flexibility index (Phi) is 7.98. The van der Waals surface area contributed by atoms with E-state index >= 15 is 0 Å². The van der Waals surface area contributed by atoms with Crippen LogP contribution in [0.15, 0.2) is 96.0 Å². The van der Waals surface area contributed by atoms with Crippen molar-refractivity contribution in [3.63, 3.8) is 0 Å². The molecule has 2 aliphatic rings. The molecule has 0 amide bonds. The number of piperidine rings is 1. The fraction of sp³-hybridized carbons (Fsp3) is 0.257. The second-order valence-electron chi connectivity index (χ2n) is 11.2. The first-order valence-electron chi connectivity index (χ1n) is 15.2. The molecule has 0 radical (unpaired) electrons. The Labute approximate surface area is 262 Å². The van der Waals surface area contributed by atoms with Crippen molar-refractivity contribution in [3.05, 3.63) is 96.7 Å². The number of rotatable bonds is 7. The molecule has 1 N–H and O–H groups in total. The number of nitriles is 1. The zero-order chi connectivity index (χ0) is 30.8. The Balaban J connectivity index is 1.35. The van der Waals surface area contributed by atoms with Crippen molar-refractivity contribution in [2.75, 3.05) is 44.3 Å². The first-order chi connectivity index (χ1) is 22.0. The molecule has 0 spiro atoms. The van der Waals surface area contributed by atoms with Gasteiger partial charge in [0.05, 0.1) is 29.4 Å². The molecule has 5 aromatic rings. The minimum Gasteiger partial charge on any atom is -0.489 e. The molecule has 3 aromatic carbocycles. The highest BCUT2D eigenvalue weighted by Gasteiger charge is 2.26. The number of nitrogens with zero attached hydrogens (tertiary/aromatic N) is 4. The number of anilines is 1. The highest BCUT2D eigenvalue weighted by atomic mass is 32.2. The van der Waals surface area contributed by atoms with Crippen LogP contribution in [0.5, 0.6) is 5.75 Å². The van der Waals surface area contributed by atoms with E-state index in [-0.39, 0.29) is 11.0 Å². The van der Waals surface area contributed by atoms with Gasteiger partial charge in [-0.1, -0.05) is 36.4 Å².